The van der Waals surface area contributed by atoms with E-state index in [1.807, 2.05) is 0 Å². The van der Waals surface area contributed by atoms with Gasteiger partial charge in [0.25, 0.3) is 5.69 Å². The van der Waals surface area contributed by atoms with E-state index in [2.05, 4.69) is 0 Å². The molecule has 2 rings (SSSR count). The molecule has 1 heterocycles. The maximum absolute atomic E-state index is 11.9. The van der Waals surface area contributed by atoms with Gasteiger partial charge in [-0.05, 0) is 25.1 Å². The second kappa shape index (κ2) is 7.17. The molecule has 0 saturated heterocycles. The van der Waals surface area contributed by atoms with Crippen molar-refractivity contribution in [1.82, 2.24) is 0 Å². The molecule has 0 aliphatic heterocycles. The molecule has 0 radical (unpaired) electrons. The van der Waals surface area contributed by atoms with Gasteiger partial charge in [0.2, 0.25) is 5.78 Å². The zero-order chi connectivity index (χ0) is 16.8. The van der Waals surface area contributed by atoms with Crippen molar-refractivity contribution in [1.29, 1.82) is 0 Å². The molecule has 118 valence electrons. The lowest BCUT2D eigenvalue weighted by Gasteiger charge is -2.03. The molecule has 23 heavy (non-hydrogen) atoms. The molecule has 2 aromatic rings. The summed E-state index contributed by atoms with van der Waals surface area (Å²) < 4.78 is 9.80. The quantitative estimate of drug-likeness (QED) is 0.267. The van der Waals surface area contributed by atoms with Crippen LogP contribution in [0.25, 0.3) is 6.08 Å². The van der Waals surface area contributed by atoms with Crippen molar-refractivity contribution in [2.24, 2.45) is 0 Å². The number of esters is 1. The molecule has 0 unspecified atom stereocenters. The van der Waals surface area contributed by atoms with Crippen LogP contribution < -0.4 is 0 Å². The highest BCUT2D eigenvalue weighted by Crippen LogP contribution is 2.19. The summed E-state index contributed by atoms with van der Waals surface area (Å²) in [4.78, 5) is 33.7. The highest BCUT2D eigenvalue weighted by atomic mass is 16.6. The number of benzene rings is 1. The van der Waals surface area contributed by atoms with Gasteiger partial charge in [-0.2, -0.15) is 0 Å². The number of nitrogens with zero attached hydrogens (tertiary/aromatic N) is 1. The Balaban J connectivity index is 1.95. The van der Waals surface area contributed by atoms with Crippen LogP contribution >= 0.6 is 0 Å². The fourth-order valence-corrected chi connectivity index (χ4v) is 1.78. The Hall–Kier alpha value is -3.22. The average Bonchev–Trinajstić information content (AvgIpc) is 3.04. The van der Waals surface area contributed by atoms with Gasteiger partial charge in [0.15, 0.2) is 6.61 Å². The third-order valence-corrected chi connectivity index (χ3v) is 3.00. The molecule has 0 amide bonds. The van der Waals surface area contributed by atoms with Crippen LogP contribution in [0.5, 0.6) is 0 Å². The van der Waals surface area contributed by atoms with Gasteiger partial charge < -0.3 is 9.15 Å². The van der Waals surface area contributed by atoms with Gasteiger partial charge in [-0.1, -0.05) is 12.1 Å². The number of carbonyl (C=O) groups is 2. The maximum Gasteiger partial charge on any atom is 0.331 e. The summed E-state index contributed by atoms with van der Waals surface area (Å²) in [5, 5.41) is 10.9. The second-order valence-corrected chi connectivity index (χ2v) is 4.64. The van der Waals surface area contributed by atoms with E-state index in [0.29, 0.717) is 11.3 Å². The average molecular weight is 315 g/mol. The molecule has 0 saturated carbocycles. The Kier molecular flexibility index (Phi) is 5.03. The van der Waals surface area contributed by atoms with Crippen LogP contribution in [0.2, 0.25) is 0 Å². The zero-order valence-electron chi connectivity index (χ0n) is 12.2. The number of ketones is 1. The van der Waals surface area contributed by atoms with Gasteiger partial charge in [0.05, 0.1) is 11.2 Å². The Bertz CT molecular complexity index is 761. The first kappa shape index (κ1) is 16.2. The summed E-state index contributed by atoms with van der Waals surface area (Å²) in [5.74, 6) is -0.758. The number of nitro benzene ring substituents is 1. The minimum absolute atomic E-state index is 0.116. The number of Topliss-reactive ketones (excluding diaryl/α,β-unsaturated/α-hetero) is 1. The van der Waals surface area contributed by atoms with Gasteiger partial charge in [-0.15, -0.1) is 0 Å². The van der Waals surface area contributed by atoms with E-state index in [1.54, 1.807) is 19.1 Å². The smallest absolute Gasteiger partial charge is 0.331 e. The van der Waals surface area contributed by atoms with Crippen molar-refractivity contribution in [3.8, 4) is 0 Å². The molecule has 0 fully saturated rings. The van der Waals surface area contributed by atoms with Gasteiger partial charge in [0.1, 0.15) is 5.76 Å². The normalized spacial score (nSPS) is 10.7. The van der Waals surface area contributed by atoms with Crippen molar-refractivity contribution in [2.75, 3.05) is 6.61 Å². The fourth-order valence-electron chi connectivity index (χ4n) is 1.78. The molecule has 0 bridgehead atoms. The Morgan fingerprint density at radius 3 is 2.78 bits per heavy atom. The van der Waals surface area contributed by atoms with Crippen LogP contribution in [-0.4, -0.2) is 23.3 Å². The largest absolute Gasteiger partial charge is 0.465 e. The second-order valence-electron chi connectivity index (χ2n) is 4.64. The van der Waals surface area contributed by atoms with Gasteiger partial charge in [-0.25, -0.2) is 4.79 Å². The predicted molar refractivity (Wildman–Crippen MR) is 80.9 cm³/mol. The number of hydrogen-bond donors (Lipinski definition) is 0. The van der Waals surface area contributed by atoms with Crippen molar-refractivity contribution in [3.63, 3.8) is 0 Å². The summed E-state index contributed by atoms with van der Waals surface area (Å²) in [7, 11) is 0. The topological polar surface area (TPSA) is 99.7 Å². The van der Waals surface area contributed by atoms with Gasteiger partial charge in [-0.3, -0.25) is 14.9 Å². The molecular formula is C16H13NO6. The number of carbonyl (C=O) groups excluding carboxylic acids is 2. The summed E-state index contributed by atoms with van der Waals surface area (Å²) in [6, 6.07) is 7.42. The summed E-state index contributed by atoms with van der Waals surface area (Å²) in [6.45, 7) is 1.08. The molecule has 0 N–H and O–H groups in total. The zero-order valence-corrected chi connectivity index (χ0v) is 12.2. The van der Waals surface area contributed by atoms with Crippen LogP contribution in [0, 0.1) is 17.0 Å². The van der Waals surface area contributed by atoms with E-state index >= 15 is 0 Å². The van der Waals surface area contributed by atoms with Crippen LogP contribution in [-0.2, 0) is 9.53 Å². The number of aryl methyl sites for hydroxylation is 1. The SMILES string of the molecule is Cc1ccc(C(=O)COC(=O)/C=C/c2ccco2)cc1[N+](=O)[O-]. The third kappa shape index (κ3) is 4.37. The Morgan fingerprint density at radius 2 is 2.13 bits per heavy atom. The molecule has 7 heteroatoms. The molecule has 1 aromatic carbocycles. The molecule has 0 aliphatic carbocycles. The number of rotatable bonds is 6. The molecular weight excluding hydrogens is 302 g/mol. The monoisotopic (exact) mass is 315 g/mol. The van der Waals surface area contributed by atoms with E-state index in [9.17, 15) is 19.7 Å². The van der Waals surface area contributed by atoms with E-state index in [0.717, 1.165) is 6.08 Å². The predicted octanol–water partition coefficient (Wildman–Crippen LogP) is 2.94. The van der Waals surface area contributed by atoms with E-state index < -0.39 is 23.3 Å². The van der Waals surface area contributed by atoms with Crippen LogP contribution in [0.4, 0.5) is 5.69 Å². The number of hydrogen-bond acceptors (Lipinski definition) is 6. The van der Waals surface area contributed by atoms with Crippen molar-refractivity contribution in [2.45, 2.75) is 6.92 Å². The van der Waals surface area contributed by atoms with Crippen LogP contribution in [0.1, 0.15) is 21.7 Å². The minimum atomic E-state index is -0.712. The Labute approximate surface area is 131 Å². The van der Waals surface area contributed by atoms with E-state index in [1.165, 1.54) is 30.5 Å². The molecule has 0 spiro atoms. The first-order chi connectivity index (χ1) is 11.0. The number of ether oxygens (including phenoxy) is 1. The lowest BCUT2D eigenvalue weighted by atomic mass is 10.1. The highest BCUT2D eigenvalue weighted by Gasteiger charge is 2.15. The summed E-state index contributed by atoms with van der Waals surface area (Å²) >= 11 is 0. The first-order valence-corrected chi connectivity index (χ1v) is 6.64. The highest BCUT2D eigenvalue weighted by molar-refractivity contribution is 5.99. The van der Waals surface area contributed by atoms with Gasteiger partial charge in [0, 0.05) is 23.3 Å². The number of furan rings is 1. The molecule has 0 atom stereocenters. The summed E-state index contributed by atoms with van der Waals surface area (Å²) in [5.41, 5.74) is 0.412. The maximum atomic E-state index is 11.9. The van der Waals surface area contributed by atoms with Crippen LogP contribution in [0.15, 0.2) is 47.1 Å². The van der Waals surface area contributed by atoms with Crippen LogP contribution in [0.3, 0.4) is 0 Å². The van der Waals surface area contributed by atoms with Crippen molar-refractivity contribution < 1.29 is 23.7 Å². The van der Waals surface area contributed by atoms with E-state index in [-0.39, 0.29) is 11.3 Å². The van der Waals surface area contributed by atoms with Crippen molar-refractivity contribution in [3.05, 3.63) is 69.7 Å². The lowest BCUT2D eigenvalue weighted by Crippen LogP contribution is -2.13. The van der Waals surface area contributed by atoms with Crippen molar-refractivity contribution >= 4 is 23.5 Å². The van der Waals surface area contributed by atoms with E-state index in [4.69, 9.17) is 9.15 Å². The molecule has 7 nitrogen and oxygen atoms in total. The first-order valence-electron chi connectivity index (χ1n) is 6.64. The Morgan fingerprint density at radius 1 is 1.35 bits per heavy atom. The molecule has 1 aromatic heterocycles. The minimum Gasteiger partial charge on any atom is -0.465 e. The fraction of sp³-hybridized carbons (Fsp3) is 0.125. The standard InChI is InChI=1S/C16H13NO6/c1-11-4-5-12(9-14(11)17(20)21)15(18)10-23-16(19)7-6-13-3-2-8-22-13/h2-9H,10H2,1H3/b7-6+. The summed E-state index contributed by atoms with van der Waals surface area (Å²) in [6.07, 6.45) is 3.99. The third-order valence-electron chi connectivity index (χ3n) is 3.00. The van der Waals surface area contributed by atoms with Gasteiger partial charge >= 0.3 is 5.97 Å². The number of nitro groups is 1. The molecule has 0 aliphatic rings. The lowest BCUT2D eigenvalue weighted by molar-refractivity contribution is -0.385.